The number of carbonyl (C=O) groups excluding carboxylic acids is 2. The van der Waals surface area contributed by atoms with Gasteiger partial charge in [-0.15, -0.1) is 5.10 Å². The Morgan fingerprint density at radius 3 is 2.50 bits per heavy atom. The van der Waals surface area contributed by atoms with Crippen LogP contribution in [0.4, 0.5) is 0 Å². The Kier molecular flexibility index (Phi) is 3.18. The Balaban J connectivity index is 2.37. The number of aldehydes is 1. The molecule has 0 atom stereocenters. The lowest BCUT2D eigenvalue weighted by molar-refractivity contribution is 0.0600. The molecule has 6 nitrogen and oxygen atoms in total. The van der Waals surface area contributed by atoms with Gasteiger partial charge in [-0.2, -0.15) is 0 Å². The first kappa shape index (κ1) is 12.0. The summed E-state index contributed by atoms with van der Waals surface area (Å²) >= 11 is 0. The number of esters is 1. The largest absolute Gasteiger partial charge is 0.465 e. The maximum Gasteiger partial charge on any atom is 0.337 e. The summed E-state index contributed by atoms with van der Waals surface area (Å²) in [4.78, 5) is 22.0. The fraction of sp³-hybridized carbons (Fsp3) is 0.167. The van der Waals surface area contributed by atoms with Crippen LogP contribution in [-0.2, 0) is 4.74 Å². The van der Waals surface area contributed by atoms with Crippen molar-refractivity contribution in [3.63, 3.8) is 0 Å². The average Bonchev–Trinajstić information content (AvgIpc) is 2.79. The van der Waals surface area contributed by atoms with E-state index in [1.165, 1.54) is 11.8 Å². The predicted octanol–water partition coefficient (Wildman–Crippen LogP) is 1.17. The monoisotopic (exact) mass is 245 g/mol. The molecule has 0 aliphatic rings. The van der Waals surface area contributed by atoms with E-state index in [9.17, 15) is 9.59 Å². The molecule has 0 aliphatic heterocycles. The molecular formula is C12H11N3O3. The zero-order valence-corrected chi connectivity index (χ0v) is 9.95. The van der Waals surface area contributed by atoms with Gasteiger partial charge in [0.2, 0.25) is 0 Å². The first-order chi connectivity index (χ1) is 8.67. The van der Waals surface area contributed by atoms with Crippen molar-refractivity contribution < 1.29 is 14.3 Å². The average molecular weight is 245 g/mol. The van der Waals surface area contributed by atoms with Crippen molar-refractivity contribution in [2.24, 2.45) is 0 Å². The first-order valence-corrected chi connectivity index (χ1v) is 5.23. The van der Waals surface area contributed by atoms with Gasteiger partial charge in [0.15, 0.2) is 6.29 Å². The number of aromatic nitrogens is 3. The van der Waals surface area contributed by atoms with Crippen molar-refractivity contribution >= 4 is 12.3 Å². The number of methoxy groups -OCH3 is 1. The van der Waals surface area contributed by atoms with E-state index in [1.54, 1.807) is 31.2 Å². The molecule has 0 spiro atoms. The minimum atomic E-state index is -0.398. The van der Waals surface area contributed by atoms with Gasteiger partial charge in [0.05, 0.1) is 24.1 Å². The van der Waals surface area contributed by atoms with Crippen molar-refractivity contribution in [1.82, 2.24) is 15.0 Å². The second kappa shape index (κ2) is 4.79. The molecule has 92 valence electrons. The number of nitrogens with zero attached hydrogens (tertiary/aromatic N) is 3. The van der Waals surface area contributed by atoms with Gasteiger partial charge >= 0.3 is 5.97 Å². The summed E-state index contributed by atoms with van der Waals surface area (Å²) in [6.45, 7) is 1.75. The molecule has 0 radical (unpaired) electrons. The molecule has 1 aromatic carbocycles. The summed E-state index contributed by atoms with van der Waals surface area (Å²) < 4.78 is 6.14. The molecule has 2 rings (SSSR count). The first-order valence-electron chi connectivity index (χ1n) is 5.23. The molecule has 18 heavy (non-hydrogen) atoms. The lowest BCUT2D eigenvalue weighted by atomic mass is 10.2. The highest BCUT2D eigenvalue weighted by Crippen LogP contribution is 2.12. The van der Waals surface area contributed by atoms with Crippen LogP contribution in [0.2, 0.25) is 0 Å². The van der Waals surface area contributed by atoms with Crippen molar-refractivity contribution in [3.05, 3.63) is 41.2 Å². The maximum atomic E-state index is 11.3. The summed E-state index contributed by atoms with van der Waals surface area (Å²) in [5.74, 6) is -0.398. The summed E-state index contributed by atoms with van der Waals surface area (Å²) in [6, 6.07) is 6.68. The number of rotatable bonds is 3. The zero-order chi connectivity index (χ0) is 13.1. The van der Waals surface area contributed by atoms with Crippen molar-refractivity contribution in [1.29, 1.82) is 0 Å². The quantitative estimate of drug-likeness (QED) is 0.599. The Morgan fingerprint density at radius 1 is 1.33 bits per heavy atom. The zero-order valence-electron chi connectivity index (χ0n) is 9.95. The molecular weight excluding hydrogens is 234 g/mol. The van der Waals surface area contributed by atoms with Gasteiger partial charge in [0.25, 0.3) is 0 Å². The number of carbonyl (C=O) groups is 2. The third-order valence-electron chi connectivity index (χ3n) is 2.57. The van der Waals surface area contributed by atoms with Gasteiger partial charge in [-0.25, -0.2) is 9.48 Å². The highest BCUT2D eigenvalue weighted by Gasteiger charge is 2.10. The van der Waals surface area contributed by atoms with Crippen LogP contribution in [0, 0.1) is 6.92 Å². The van der Waals surface area contributed by atoms with Crippen molar-refractivity contribution in [2.75, 3.05) is 7.11 Å². The minimum Gasteiger partial charge on any atom is -0.465 e. The van der Waals surface area contributed by atoms with E-state index in [0.717, 1.165) is 5.69 Å². The molecule has 1 heterocycles. The van der Waals surface area contributed by atoms with Gasteiger partial charge in [-0.3, -0.25) is 4.79 Å². The van der Waals surface area contributed by atoms with E-state index in [1.807, 2.05) is 0 Å². The van der Waals surface area contributed by atoms with Gasteiger partial charge < -0.3 is 4.74 Å². The summed E-state index contributed by atoms with van der Waals surface area (Å²) in [6.07, 6.45) is 0.654. The number of hydrogen-bond donors (Lipinski definition) is 0. The molecule has 0 unspecified atom stereocenters. The van der Waals surface area contributed by atoms with E-state index in [4.69, 9.17) is 0 Å². The molecule has 0 saturated heterocycles. The molecule has 0 fully saturated rings. The van der Waals surface area contributed by atoms with Crippen LogP contribution in [-0.4, -0.2) is 34.4 Å². The lowest BCUT2D eigenvalue weighted by Gasteiger charge is -2.04. The van der Waals surface area contributed by atoms with Crippen LogP contribution in [0.25, 0.3) is 5.69 Å². The highest BCUT2D eigenvalue weighted by atomic mass is 16.5. The second-order valence-electron chi connectivity index (χ2n) is 3.63. The topological polar surface area (TPSA) is 74.1 Å². The van der Waals surface area contributed by atoms with E-state index >= 15 is 0 Å². The van der Waals surface area contributed by atoms with Crippen LogP contribution >= 0.6 is 0 Å². The molecule has 0 aliphatic carbocycles. The highest BCUT2D eigenvalue weighted by molar-refractivity contribution is 5.89. The number of ether oxygens (including phenoxy) is 1. The normalized spacial score (nSPS) is 10.1. The van der Waals surface area contributed by atoms with Gasteiger partial charge in [0.1, 0.15) is 5.69 Å². The molecule has 0 amide bonds. The van der Waals surface area contributed by atoms with Crippen molar-refractivity contribution in [3.8, 4) is 5.69 Å². The van der Waals surface area contributed by atoms with Crippen molar-refractivity contribution in [2.45, 2.75) is 6.92 Å². The van der Waals surface area contributed by atoms with E-state index in [-0.39, 0.29) is 0 Å². The van der Waals surface area contributed by atoms with Crippen LogP contribution in [0.15, 0.2) is 24.3 Å². The molecule has 0 saturated carbocycles. The Hall–Kier alpha value is -2.50. The Bertz CT molecular complexity index is 587. The lowest BCUT2D eigenvalue weighted by Crippen LogP contribution is -2.03. The molecule has 6 heteroatoms. The summed E-state index contributed by atoms with van der Waals surface area (Å²) in [5, 5.41) is 7.61. The summed E-state index contributed by atoms with van der Waals surface area (Å²) in [7, 11) is 1.33. The fourth-order valence-electron chi connectivity index (χ4n) is 1.55. The van der Waals surface area contributed by atoms with Crippen LogP contribution < -0.4 is 0 Å². The molecule has 2 aromatic rings. The number of hydrogen-bond acceptors (Lipinski definition) is 5. The maximum absolute atomic E-state index is 11.3. The Morgan fingerprint density at radius 2 is 2.00 bits per heavy atom. The van der Waals surface area contributed by atoms with Gasteiger partial charge in [0, 0.05) is 0 Å². The Labute approximate surface area is 103 Å². The van der Waals surface area contributed by atoms with Gasteiger partial charge in [-0.1, -0.05) is 5.21 Å². The SMILES string of the molecule is COC(=O)c1ccc(-n2nnc(C=O)c2C)cc1. The van der Waals surface area contributed by atoms with E-state index < -0.39 is 5.97 Å². The molecule has 0 N–H and O–H groups in total. The molecule has 1 aromatic heterocycles. The second-order valence-corrected chi connectivity index (χ2v) is 3.63. The standard InChI is InChI=1S/C12H11N3O3/c1-8-11(7-16)13-14-15(8)10-5-3-9(4-6-10)12(17)18-2/h3-7H,1-2H3. The van der Waals surface area contributed by atoms with E-state index in [0.29, 0.717) is 23.2 Å². The van der Waals surface area contributed by atoms with Crippen LogP contribution in [0.1, 0.15) is 26.5 Å². The van der Waals surface area contributed by atoms with Crippen LogP contribution in [0.5, 0.6) is 0 Å². The third-order valence-corrected chi connectivity index (χ3v) is 2.57. The van der Waals surface area contributed by atoms with Crippen LogP contribution in [0.3, 0.4) is 0 Å². The van der Waals surface area contributed by atoms with E-state index in [2.05, 4.69) is 15.0 Å². The fourth-order valence-corrected chi connectivity index (χ4v) is 1.55. The predicted molar refractivity (Wildman–Crippen MR) is 62.8 cm³/mol. The third kappa shape index (κ3) is 2.00. The smallest absolute Gasteiger partial charge is 0.337 e. The minimum absolute atomic E-state index is 0.298. The number of benzene rings is 1. The molecule has 0 bridgehead atoms. The van der Waals surface area contributed by atoms with Gasteiger partial charge in [-0.05, 0) is 31.2 Å². The summed E-state index contributed by atoms with van der Waals surface area (Å²) in [5.41, 5.74) is 2.12.